The molecular formula is CFNNaO3P. The van der Waals surface area contributed by atoms with Crippen LogP contribution >= 0.6 is 7.91 Å². The van der Waals surface area contributed by atoms with Crippen LogP contribution in [0.3, 0.4) is 0 Å². The zero-order valence-electron chi connectivity index (χ0n) is 4.00. The Labute approximate surface area is 67.2 Å². The average Bonchev–Trinajstić information content (AvgIpc) is 1.30. The number of rotatable bonds is 1. The summed E-state index contributed by atoms with van der Waals surface area (Å²) in [6, 6.07) is 0. The average molecular weight is 147 g/mol. The number of nitriles is 1. The van der Waals surface area contributed by atoms with Crippen LogP contribution in [0.1, 0.15) is 0 Å². The molecule has 8 heavy (non-hydrogen) atoms. The standard InChI is InChI=1S/CHFNO3P.Na/c2-7(4,5)6-1-3;/h(H,4,5);/q;+1/p-1. The fourth-order valence-electron chi connectivity index (χ4n) is 0.0488. The molecule has 0 aromatic rings. The first-order valence-electron chi connectivity index (χ1n) is 1.14. The third kappa shape index (κ3) is 9.65. The molecule has 4 nitrogen and oxygen atoms in total. The maximum atomic E-state index is 10.9. The Kier molecular flexibility index (Phi) is 6.05. The largest absolute Gasteiger partial charge is 1.00 e. The van der Waals surface area contributed by atoms with Crippen LogP contribution in [0.15, 0.2) is 0 Å². The monoisotopic (exact) mass is 147 g/mol. The minimum Gasteiger partial charge on any atom is -0.742 e. The molecule has 0 N–H and O–H groups in total. The van der Waals surface area contributed by atoms with Crippen molar-refractivity contribution >= 4 is 7.91 Å². The summed E-state index contributed by atoms with van der Waals surface area (Å²) in [5, 5.41) is 7.32. The maximum absolute atomic E-state index is 10.9. The van der Waals surface area contributed by atoms with Crippen molar-refractivity contribution in [3.05, 3.63) is 0 Å². The molecule has 40 valence electrons. The smallest absolute Gasteiger partial charge is 0.742 e. The fourth-order valence-corrected chi connectivity index (χ4v) is 0.146. The molecule has 0 saturated carbocycles. The first-order chi connectivity index (χ1) is 3.06. The van der Waals surface area contributed by atoms with Gasteiger partial charge in [0.15, 0.2) is 0 Å². The van der Waals surface area contributed by atoms with Gasteiger partial charge >= 0.3 is 37.5 Å². The van der Waals surface area contributed by atoms with E-state index in [4.69, 9.17) is 14.7 Å². The molecule has 0 aliphatic carbocycles. The molecule has 0 aromatic carbocycles. The Morgan fingerprint density at radius 3 is 2.25 bits per heavy atom. The molecule has 0 amide bonds. The van der Waals surface area contributed by atoms with Gasteiger partial charge in [-0.2, -0.15) is 4.20 Å². The topological polar surface area (TPSA) is 73.1 Å². The predicted octanol–water partition coefficient (Wildman–Crippen LogP) is -3.07. The van der Waals surface area contributed by atoms with E-state index in [0.29, 0.717) is 6.26 Å². The van der Waals surface area contributed by atoms with E-state index in [2.05, 4.69) is 4.52 Å². The van der Waals surface area contributed by atoms with E-state index in [-0.39, 0.29) is 29.6 Å². The first kappa shape index (κ1) is 11.2. The summed E-state index contributed by atoms with van der Waals surface area (Å²) in [6.45, 7) is 0. The predicted molar refractivity (Wildman–Crippen MR) is 15.4 cm³/mol. The summed E-state index contributed by atoms with van der Waals surface area (Å²) in [7, 11) is -5.28. The molecule has 0 radical (unpaired) electrons. The van der Waals surface area contributed by atoms with Crippen molar-refractivity contribution in [1.29, 1.82) is 5.26 Å². The second-order valence-corrected chi connectivity index (χ2v) is 1.66. The summed E-state index contributed by atoms with van der Waals surface area (Å²) in [5.74, 6) is 0. The quantitative estimate of drug-likeness (QED) is 0.224. The van der Waals surface area contributed by atoms with Gasteiger partial charge in [0.2, 0.25) is 0 Å². The Hall–Kier alpha value is 0.410. The Morgan fingerprint density at radius 1 is 1.88 bits per heavy atom. The van der Waals surface area contributed by atoms with Crippen LogP contribution < -0.4 is 34.5 Å². The summed E-state index contributed by atoms with van der Waals surface area (Å²) in [5.41, 5.74) is 0. The van der Waals surface area contributed by atoms with E-state index in [1.165, 1.54) is 0 Å². The minimum absolute atomic E-state index is 0. The zero-order chi connectivity index (χ0) is 5.91. The third-order valence-electron chi connectivity index (χ3n) is 0.150. The van der Waals surface area contributed by atoms with Crippen LogP contribution in [-0.2, 0) is 9.09 Å². The molecule has 1 atom stereocenters. The van der Waals surface area contributed by atoms with Crippen LogP contribution in [0.2, 0.25) is 0 Å². The summed E-state index contributed by atoms with van der Waals surface area (Å²) >= 11 is 0. The van der Waals surface area contributed by atoms with Crippen molar-refractivity contribution in [3.63, 3.8) is 0 Å². The third-order valence-corrected chi connectivity index (χ3v) is 0.450. The molecule has 0 heterocycles. The molecule has 7 heteroatoms. The summed E-state index contributed by atoms with van der Waals surface area (Å²) in [6.07, 6.45) is 0.657. The fraction of sp³-hybridized carbons (Fsp3) is 0. The van der Waals surface area contributed by atoms with E-state index < -0.39 is 7.91 Å². The van der Waals surface area contributed by atoms with Gasteiger partial charge in [0.1, 0.15) is 0 Å². The molecule has 0 aliphatic rings. The Balaban J connectivity index is 0. The second kappa shape index (κ2) is 4.30. The van der Waals surface area contributed by atoms with Crippen LogP contribution in [0, 0.1) is 11.5 Å². The minimum atomic E-state index is -5.28. The van der Waals surface area contributed by atoms with Gasteiger partial charge in [-0.05, 0) is 0 Å². The van der Waals surface area contributed by atoms with E-state index >= 15 is 0 Å². The second-order valence-electron chi connectivity index (χ2n) is 0.613. The Morgan fingerprint density at radius 2 is 2.25 bits per heavy atom. The van der Waals surface area contributed by atoms with Crippen molar-refractivity contribution in [2.24, 2.45) is 0 Å². The zero-order valence-corrected chi connectivity index (χ0v) is 6.89. The molecule has 0 aromatic heterocycles. The number of halogens is 1. The first-order valence-corrected chi connectivity index (χ1v) is 2.58. The van der Waals surface area contributed by atoms with Crippen molar-refractivity contribution in [2.75, 3.05) is 0 Å². The maximum Gasteiger partial charge on any atom is 1.00 e. The van der Waals surface area contributed by atoms with Crippen molar-refractivity contribution in [2.45, 2.75) is 0 Å². The van der Waals surface area contributed by atoms with Gasteiger partial charge in [0.05, 0.1) is 0 Å². The molecule has 0 rings (SSSR count). The van der Waals surface area contributed by atoms with Gasteiger partial charge < -0.3 is 9.42 Å². The number of hydrogen-bond donors (Lipinski definition) is 0. The Bertz CT molecular complexity index is 137. The summed E-state index contributed by atoms with van der Waals surface area (Å²) < 4.78 is 23.0. The van der Waals surface area contributed by atoms with E-state index in [1.807, 2.05) is 0 Å². The van der Waals surface area contributed by atoms with Gasteiger partial charge in [0, 0.05) is 0 Å². The van der Waals surface area contributed by atoms with Crippen LogP contribution in [0.25, 0.3) is 0 Å². The number of hydrogen-bond acceptors (Lipinski definition) is 4. The van der Waals surface area contributed by atoms with Gasteiger partial charge in [-0.3, -0.25) is 4.57 Å². The van der Waals surface area contributed by atoms with E-state index in [1.54, 1.807) is 0 Å². The van der Waals surface area contributed by atoms with Gasteiger partial charge in [-0.25, -0.2) is 0 Å². The van der Waals surface area contributed by atoms with Gasteiger partial charge in [-0.15, -0.1) is 5.26 Å². The molecule has 0 spiro atoms. The molecule has 0 bridgehead atoms. The molecule has 0 saturated heterocycles. The molecule has 0 aliphatic heterocycles. The summed E-state index contributed by atoms with van der Waals surface area (Å²) in [4.78, 5) is 9.15. The van der Waals surface area contributed by atoms with Gasteiger partial charge in [-0.1, -0.05) is 0 Å². The van der Waals surface area contributed by atoms with Crippen LogP contribution in [0.4, 0.5) is 4.20 Å². The molecule has 0 fully saturated rings. The van der Waals surface area contributed by atoms with E-state index in [9.17, 15) is 4.20 Å². The SMILES string of the molecule is N#COP(=O)([O-])F.[Na+]. The van der Waals surface area contributed by atoms with Crippen molar-refractivity contribution in [3.8, 4) is 6.26 Å². The van der Waals surface area contributed by atoms with E-state index in [0.717, 1.165) is 0 Å². The number of nitrogens with zero attached hydrogens (tertiary/aromatic N) is 1. The van der Waals surface area contributed by atoms with Crippen molar-refractivity contribution < 1.29 is 47.7 Å². The normalized spacial score (nSPS) is 14.6. The molecule has 1 unspecified atom stereocenters. The van der Waals surface area contributed by atoms with Crippen LogP contribution in [0.5, 0.6) is 0 Å². The molecular weight excluding hydrogens is 147 g/mol. The van der Waals surface area contributed by atoms with Crippen molar-refractivity contribution in [1.82, 2.24) is 0 Å². The van der Waals surface area contributed by atoms with Crippen LogP contribution in [-0.4, -0.2) is 0 Å². The van der Waals surface area contributed by atoms with Gasteiger partial charge in [0.25, 0.3) is 6.26 Å².